The van der Waals surface area contributed by atoms with E-state index >= 15 is 0 Å². The van der Waals surface area contributed by atoms with Gasteiger partial charge in [-0.25, -0.2) is 0 Å². The highest BCUT2D eigenvalue weighted by molar-refractivity contribution is 8.03. The maximum Gasteiger partial charge on any atom is 0.0232 e. The van der Waals surface area contributed by atoms with Crippen molar-refractivity contribution in [2.24, 2.45) is 11.3 Å². The van der Waals surface area contributed by atoms with E-state index in [1.165, 1.54) is 32.7 Å². The van der Waals surface area contributed by atoms with Gasteiger partial charge in [-0.2, -0.15) is 0 Å². The fourth-order valence-corrected chi connectivity index (χ4v) is 5.22. The lowest BCUT2D eigenvalue weighted by atomic mass is 9.70. The van der Waals surface area contributed by atoms with Crippen molar-refractivity contribution in [1.82, 2.24) is 0 Å². The molecular weight excluding hydrogens is 356 g/mol. The van der Waals surface area contributed by atoms with E-state index in [9.17, 15) is 0 Å². The first-order chi connectivity index (χ1) is 13.1. The fourth-order valence-electron chi connectivity index (χ4n) is 4.04. The van der Waals surface area contributed by atoms with Crippen molar-refractivity contribution in [3.8, 4) is 0 Å². The van der Waals surface area contributed by atoms with Gasteiger partial charge in [0.2, 0.25) is 0 Å². The van der Waals surface area contributed by atoms with Crippen molar-refractivity contribution in [2.45, 2.75) is 53.4 Å². The number of aryl methyl sites for hydroxylation is 1. The topological polar surface area (TPSA) is 0 Å². The van der Waals surface area contributed by atoms with E-state index in [2.05, 4.69) is 103 Å². The Morgan fingerprint density at radius 2 is 1.86 bits per heavy atom. The van der Waals surface area contributed by atoms with Crippen molar-refractivity contribution in [3.63, 3.8) is 0 Å². The van der Waals surface area contributed by atoms with E-state index in [-0.39, 0.29) is 10.8 Å². The van der Waals surface area contributed by atoms with E-state index in [0.717, 1.165) is 12.2 Å². The Hall–Kier alpha value is -1.73. The van der Waals surface area contributed by atoms with Crippen molar-refractivity contribution in [2.75, 3.05) is 5.75 Å². The predicted octanol–water partition coefficient (Wildman–Crippen LogP) is 8.02. The fraction of sp³-hybridized carbons (Fsp3) is 0.407. The predicted molar refractivity (Wildman–Crippen MR) is 128 cm³/mol. The first kappa shape index (κ1) is 21.0. The van der Waals surface area contributed by atoms with Crippen LogP contribution in [0.15, 0.2) is 71.7 Å². The van der Waals surface area contributed by atoms with Crippen LogP contribution < -0.4 is 0 Å². The third kappa shape index (κ3) is 4.15. The van der Waals surface area contributed by atoms with E-state index in [1.807, 2.05) is 11.8 Å². The van der Waals surface area contributed by atoms with Crippen LogP contribution >= 0.6 is 11.8 Å². The van der Waals surface area contributed by atoms with E-state index in [1.54, 1.807) is 0 Å². The quantitative estimate of drug-likeness (QED) is 0.404. The van der Waals surface area contributed by atoms with Gasteiger partial charge in [0.1, 0.15) is 0 Å². The Morgan fingerprint density at radius 1 is 1.11 bits per heavy atom. The molecule has 0 fully saturated rings. The number of allylic oxidation sites excluding steroid dienone is 7. The maximum absolute atomic E-state index is 4.50. The van der Waals surface area contributed by atoms with Crippen LogP contribution in [0.25, 0.3) is 5.57 Å². The largest absolute Gasteiger partial charge is 0.121 e. The summed E-state index contributed by atoms with van der Waals surface area (Å²) < 4.78 is 0. The van der Waals surface area contributed by atoms with Crippen LogP contribution in [-0.4, -0.2) is 5.75 Å². The van der Waals surface area contributed by atoms with Gasteiger partial charge in [0, 0.05) is 16.1 Å². The van der Waals surface area contributed by atoms with Crippen molar-refractivity contribution >= 4 is 17.3 Å². The lowest BCUT2D eigenvalue weighted by molar-refractivity contribution is 0.404. The maximum atomic E-state index is 4.50. The third-order valence-electron chi connectivity index (χ3n) is 6.48. The van der Waals surface area contributed by atoms with Gasteiger partial charge in [-0.3, -0.25) is 0 Å². The molecule has 0 radical (unpaired) electrons. The highest BCUT2D eigenvalue weighted by atomic mass is 32.2. The number of benzene rings is 1. The molecule has 28 heavy (non-hydrogen) atoms. The van der Waals surface area contributed by atoms with E-state index in [4.69, 9.17) is 0 Å². The number of rotatable bonds is 0. The third-order valence-corrected chi connectivity index (χ3v) is 7.67. The Balaban J connectivity index is 2.17. The van der Waals surface area contributed by atoms with Gasteiger partial charge in [0.15, 0.2) is 0 Å². The van der Waals surface area contributed by atoms with Gasteiger partial charge in [-0.1, -0.05) is 95.3 Å². The van der Waals surface area contributed by atoms with Gasteiger partial charge >= 0.3 is 0 Å². The molecule has 1 heterocycles. The van der Waals surface area contributed by atoms with Crippen LogP contribution in [0.3, 0.4) is 0 Å². The van der Waals surface area contributed by atoms with Crippen molar-refractivity contribution in [3.05, 3.63) is 88.4 Å². The number of hydrogen-bond acceptors (Lipinski definition) is 1. The Kier molecular flexibility index (Phi) is 5.96. The molecule has 2 aliphatic rings. The lowest BCUT2D eigenvalue weighted by Crippen LogP contribution is -2.27. The second-order valence-electron chi connectivity index (χ2n) is 9.37. The van der Waals surface area contributed by atoms with Gasteiger partial charge in [0.05, 0.1) is 0 Å². The molecule has 0 aromatic heterocycles. The molecule has 0 nitrogen and oxygen atoms in total. The van der Waals surface area contributed by atoms with Gasteiger partial charge < -0.3 is 0 Å². The summed E-state index contributed by atoms with van der Waals surface area (Å²) in [5, 5.41) is 0. The summed E-state index contributed by atoms with van der Waals surface area (Å²) in [5.41, 5.74) is 6.85. The summed E-state index contributed by atoms with van der Waals surface area (Å²) in [6, 6.07) is 6.87. The molecule has 1 aliphatic heterocycles. The molecule has 0 saturated heterocycles. The summed E-state index contributed by atoms with van der Waals surface area (Å²) in [7, 11) is 0. The van der Waals surface area contributed by atoms with Gasteiger partial charge in [0.25, 0.3) is 0 Å². The van der Waals surface area contributed by atoms with E-state index in [0.29, 0.717) is 5.92 Å². The molecule has 0 amide bonds. The first-order valence-electron chi connectivity index (χ1n) is 10.3. The zero-order valence-corrected chi connectivity index (χ0v) is 19.1. The molecule has 0 N–H and O–H groups in total. The summed E-state index contributed by atoms with van der Waals surface area (Å²) in [4.78, 5) is 1.39. The van der Waals surface area contributed by atoms with Crippen LogP contribution in [0.2, 0.25) is 0 Å². The molecule has 1 aromatic carbocycles. The minimum absolute atomic E-state index is 0.0294. The van der Waals surface area contributed by atoms with Crippen molar-refractivity contribution in [1.29, 1.82) is 0 Å². The minimum atomic E-state index is 0.0294. The Labute approximate surface area is 176 Å². The molecule has 1 atom stereocenters. The molecule has 1 heteroatoms. The van der Waals surface area contributed by atoms with E-state index < -0.39 is 0 Å². The normalized spacial score (nSPS) is 25.2. The molecule has 0 bridgehead atoms. The highest BCUT2D eigenvalue weighted by Gasteiger charge is 2.31. The SMILES string of the molecule is C=C1CSC2=C(CC=CC=C2)C(C)(C)/C=C\C(C)C(C)(C)c2cc(C)ccc21. The molecule has 1 aromatic rings. The van der Waals surface area contributed by atoms with Gasteiger partial charge in [-0.15, -0.1) is 11.8 Å². The van der Waals surface area contributed by atoms with Gasteiger partial charge in [-0.05, 0) is 53.0 Å². The molecule has 148 valence electrons. The molecule has 0 saturated carbocycles. The van der Waals surface area contributed by atoms with Crippen molar-refractivity contribution < 1.29 is 0 Å². The lowest BCUT2D eigenvalue weighted by Gasteiger charge is -2.35. The number of fused-ring (bicyclic) bond motifs is 1. The van der Waals surface area contributed by atoms with Crippen LogP contribution in [0.5, 0.6) is 0 Å². The monoisotopic (exact) mass is 390 g/mol. The standard InChI is InChI=1S/C27H34S/c1-19-13-14-22-20(2)18-28-25-12-10-8-9-11-23(25)26(4,5)16-15-21(3)27(6,7)24(22)17-19/h8-10,12-17,21H,2,11,18H2,1,3-7H3/b16-15-. The van der Waals surface area contributed by atoms with Crippen LogP contribution in [0.1, 0.15) is 57.7 Å². The molecule has 1 aliphatic carbocycles. The molecular formula is C27H34S. The zero-order chi connectivity index (χ0) is 20.5. The average molecular weight is 391 g/mol. The number of thioether (sulfide) groups is 1. The summed E-state index contributed by atoms with van der Waals surface area (Å²) >= 11 is 1.93. The first-order valence-corrected chi connectivity index (χ1v) is 11.3. The summed E-state index contributed by atoms with van der Waals surface area (Å²) in [6.07, 6.45) is 14.8. The zero-order valence-electron chi connectivity index (χ0n) is 18.3. The summed E-state index contributed by atoms with van der Waals surface area (Å²) in [6.45, 7) is 18.5. The number of hydrogen-bond donors (Lipinski definition) is 0. The average Bonchev–Trinajstić information content (AvgIpc) is 2.89. The second-order valence-corrected chi connectivity index (χ2v) is 10.4. The Morgan fingerprint density at radius 3 is 2.61 bits per heavy atom. The van der Waals surface area contributed by atoms with Crippen LogP contribution in [0.4, 0.5) is 0 Å². The highest BCUT2D eigenvalue weighted by Crippen LogP contribution is 2.44. The molecule has 0 spiro atoms. The Bertz CT molecular complexity index is 887. The molecule has 1 unspecified atom stereocenters. The summed E-state index contributed by atoms with van der Waals surface area (Å²) in [5.74, 6) is 1.34. The van der Waals surface area contributed by atoms with Crippen LogP contribution in [-0.2, 0) is 5.41 Å². The second kappa shape index (κ2) is 7.95. The van der Waals surface area contributed by atoms with Crippen LogP contribution in [0, 0.1) is 18.3 Å². The smallest absolute Gasteiger partial charge is 0.0232 e. The molecule has 3 rings (SSSR count). The minimum Gasteiger partial charge on any atom is -0.121 e.